The summed E-state index contributed by atoms with van der Waals surface area (Å²) < 4.78 is 23.3. The van der Waals surface area contributed by atoms with Crippen molar-refractivity contribution in [3.05, 3.63) is 97.2 Å². The third kappa shape index (κ3) is 57.0. The van der Waals surface area contributed by atoms with Gasteiger partial charge in [-0.25, -0.2) is 0 Å². The molecule has 0 aromatic heterocycles. The van der Waals surface area contributed by atoms with E-state index in [1.165, 1.54) is 154 Å². The minimum Gasteiger partial charge on any atom is -0.756 e. The first-order valence-electron chi connectivity index (χ1n) is 30.1. The fourth-order valence-electron chi connectivity index (χ4n) is 8.38. The highest BCUT2D eigenvalue weighted by Crippen LogP contribution is 2.38. The van der Waals surface area contributed by atoms with Crippen LogP contribution in [0.2, 0.25) is 0 Å². The number of carbonyl (C=O) groups excluding carboxylic acids is 1. The monoisotopic (exact) mass is 1040 g/mol. The van der Waals surface area contributed by atoms with Gasteiger partial charge in [-0.1, -0.05) is 272 Å². The Kier molecular flexibility index (Phi) is 52.3. The molecule has 422 valence electrons. The minimum atomic E-state index is -4.62. The summed E-state index contributed by atoms with van der Waals surface area (Å²) in [5.41, 5.74) is 0. The zero-order valence-corrected chi connectivity index (χ0v) is 49.0. The maximum absolute atomic E-state index is 12.9. The molecule has 9 heteroatoms. The fraction of sp³-hybridized carbons (Fsp3) is 0.734. The lowest BCUT2D eigenvalue weighted by Gasteiger charge is -2.29. The van der Waals surface area contributed by atoms with Crippen LogP contribution in [0.4, 0.5) is 0 Å². The molecule has 0 spiro atoms. The van der Waals surface area contributed by atoms with Gasteiger partial charge in [0.15, 0.2) is 0 Å². The van der Waals surface area contributed by atoms with Crippen LogP contribution in [0.15, 0.2) is 97.2 Å². The highest BCUT2D eigenvalue weighted by atomic mass is 31.2. The zero-order chi connectivity index (χ0) is 53.5. The standard InChI is InChI=1S/C64H115N2O6P/c1-6-8-10-12-14-16-18-20-22-24-26-28-30-31-32-33-34-36-37-39-41-43-45-47-49-51-53-55-57-63(67)62(61-72-73(69,70)71-60-59-66(3,4)5)65-64(68)58-56-54-52-50-48-46-44-42-40-38-35-29-27-25-23-21-19-17-15-13-11-9-7-2/h9,11,15,17,21,23,27,29,38,40,44,46,50,52,55,57,62-63,67H,6-8,10,12-14,16,18-20,22,24-26,28,30-37,39,41-43,45,47-49,51,53-54,56,58-61H2,1-5H3,(H-,65,68,69,70)/b11-9-,17-15-,23-21-,29-27-,40-38-,46-44-,52-50-,57-55+. The van der Waals surface area contributed by atoms with Crippen LogP contribution in [0, 0.1) is 0 Å². The van der Waals surface area contributed by atoms with E-state index in [2.05, 4.69) is 104 Å². The van der Waals surface area contributed by atoms with Crippen molar-refractivity contribution in [1.29, 1.82) is 0 Å². The molecule has 0 radical (unpaired) electrons. The first kappa shape index (κ1) is 70.4. The quantitative estimate of drug-likeness (QED) is 0.0272. The van der Waals surface area contributed by atoms with Gasteiger partial charge in [0.1, 0.15) is 13.2 Å². The molecular formula is C64H115N2O6P. The summed E-state index contributed by atoms with van der Waals surface area (Å²) in [6.45, 7) is 4.50. The molecule has 73 heavy (non-hydrogen) atoms. The number of hydrogen-bond donors (Lipinski definition) is 2. The van der Waals surface area contributed by atoms with Crippen molar-refractivity contribution in [2.45, 2.75) is 264 Å². The van der Waals surface area contributed by atoms with E-state index >= 15 is 0 Å². The van der Waals surface area contributed by atoms with Gasteiger partial charge in [-0.3, -0.25) is 9.36 Å². The first-order chi connectivity index (χ1) is 35.5. The Bertz CT molecular complexity index is 1510. The predicted octanol–water partition coefficient (Wildman–Crippen LogP) is 18.0. The average Bonchev–Trinajstić information content (AvgIpc) is 3.35. The largest absolute Gasteiger partial charge is 0.756 e. The van der Waals surface area contributed by atoms with Crippen LogP contribution < -0.4 is 10.2 Å². The number of nitrogens with zero attached hydrogens (tertiary/aromatic N) is 1. The molecule has 0 rings (SSSR count). The number of likely N-dealkylation sites (N-methyl/N-ethyl adjacent to an activating group) is 1. The fourth-order valence-corrected chi connectivity index (χ4v) is 9.10. The molecule has 0 aliphatic carbocycles. The lowest BCUT2D eigenvalue weighted by molar-refractivity contribution is -0.870. The van der Waals surface area contributed by atoms with Crippen molar-refractivity contribution >= 4 is 13.7 Å². The van der Waals surface area contributed by atoms with E-state index in [1.807, 2.05) is 27.2 Å². The number of aliphatic hydroxyl groups excluding tert-OH is 1. The molecule has 1 amide bonds. The van der Waals surface area contributed by atoms with E-state index in [0.29, 0.717) is 17.4 Å². The van der Waals surface area contributed by atoms with Gasteiger partial charge < -0.3 is 28.8 Å². The van der Waals surface area contributed by atoms with Crippen LogP contribution in [0.3, 0.4) is 0 Å². The summed E-state index contributed by atoms with van der Waals surface area (Å²) in [5.74, 6) is -0.256. The third-order valence-corrected chi connectivity index (χ3v) is 14.0. The van der Waals surface area contributed by atoms with Crippen LogP contribution in [-0.4, -0.2) is 68.5 Å². The molecule has 0 fully saturated rings. The summed E-state index contributed by atoms with van der Waals surface area (Å²) in [5, 5.41) is 13.9. The highest BCUT2D eigenvalue weighted by Gasteiger charge is 2.23. The van der Waals surface area contributed by atoms with E-state index in [1.54, 1.807) is 6.08 Å². The molecule has 0 saturated heterocycles. The molecule has 0 bridgehead atoms. The van der Waals surface area contributed by atoms with Crippen molar-refractivity contribution in [2.75, 3.05) is 40.9 Å². The number of allylic oxidation sites excluding steroid dienone is 15. The number of nitrogens with one attached hydrogen (secondary N) is 1. The smallest absolute Gasteiger partial charge is 0.268 e. The number of phosphoric ester groups is 1. The Balaban J connectivity index is 4.29. The number of carbonyl (C=O) groups is 1. The van der Waals surface area contributed by atoms with E-state index < -0.39 is 26.6 Å². The molecule has 3 atom stereocenters. The van der Waals surface area contributed by atoms with Crippen LogP contribution in [0.5, 0.6) is 0 Å². The Hall–Kier alpha value is -2.58. The molecule has 0 aromatic rings. The van der Waals surface area contributed by atoms with Crippen molar-refractivity contribution in [2.24, 2.45) is 0 Å². The van der Waals surface area contributed by atoms with Gasteiger partial charge in [-0.2, -0.15) is 0 Å². The number of hydrogen-bond acceptors (Lipinski definition) is 6. The molecule has 0 aliphatic rings. The SMILES string of the molecule is CC/C=C\C/C=C\C/C=C\C/C=C\C/C=C\C/C=C\C/C=C\CCCC(=O)NC(COP(=O)([O-])OCC[N+](C)(C)C)C(O)/C=C/CCCCCCCCCCCCCCCCCCCCCCCCCCCC. The molecular weight excluding hydrogens is 924 g/mol. The summed E-state index contributed by atoms with van der Waals surface area (Å²) in [6, 6.07) is -0.925. The van der Waals surface area contributed by atoms with Crippen LogP contribution in [0.25, 0.3) is 0 Å². The highest BCUT2D eigenvalue weighted by molar-refractivity contribution is 7.45. The second-order valence-electron chi connectivity index (χ2n) is 21.3. The summed E-state index contributed by atoms with van der Waals surface area (Å²) in [7, 11) is 1.21. The van der Waals surface area contributed by atoms with Gasteiger partial charge in [0.25, 0.3) is 7.82 Å². The third-order valence-electron chi connectivity index (χ3n) is 13.0. The Morgan fingerprint density at radius 1 is 0.493 bits per heavy atom. The van der Waals surface area contributed by atoms with Crippen LogP contribution in [-0.2, 0) is 18.4 Å². The van der Waals surface area contributed by atoms with Crippen LogP contribution in [0.1, 0.15) is 251 Å². The molecule has 0 saturated carbocycles. The van der Waals surface area contributed by atoms with Crippen molar-refractivity contribution in [3.63, 3.8) is 0 Å². The second kappa shape index (κ2) is 54.2. The van der Waals surface area contributed by atoms with E-state index in [-0.39, 0.29) is 18.9 Å². The number of rotatable bonds is 54. The topological polar surface area (TPSA) is 108 Å². The number of aliphatic hydroxyl groups is 1. The molecule has 0 aliphatic heterocycles. The van der Waals surface area contributed by atoms with E-state index in [9.17, 15) is 19.4 Å². The molecule has 2 N–H and O–H groups in total. The van der Waals surface area contributed by atoms with E-state index in [4.69, 9.17) is 9.05 Å². The number of amides is 1. The maximum atomic E-state index is 12.9. The average molecular weight is 1040 g/mol. The van der Waals surface area contributed by atoms with Gasteiger partial charge in [0, 0.05) is 6.42 Å². The normalized spacial score (nSPS) is 14.6. The first-order valence-corrected chi connectivity index (χ1v) is 31.6. The number of quaternary nitrogens is 1. The number of phosphoric acid groups is 1. The Labute approximate surface area is 451 Å². The molecule has 3 unspecified atom stereocenters. The Morgan fingerprint density at radius 2 is 0.836 bits per heavy atom. The van der Waals surface area contributed by atoms with Gasteiger partial charge in [0.05, 0.1) is 39.9 Å². The number of unbranched alkanes of at least 4 members (excludes halogenated alkanes) is 27. The van der Waals surface area contributed by atoms with Gasteiger partial charge in [0.2, 0.25) is 5.91 Å². The minimum absolute atomic E-state index is 0.0169. The lowest BCUT2D eigenvalue weighted by atomic mass is 10.0. The maximum Gasteiger partial charge on any atom is 0.268 e. The Morgan fingerprint density at radius 3 is 1.21 bits per heavy atom. The van der Waals surface area contributed by atoms with Crippen LogP contribution >= 0.6 is 7.82 Å². The molecule has 0 heterocycles. The zero-order valence-electron chi connectivity index (χ0n) is 48.1. The predicted molar refractivity (Wildman–Crippen MR) is 316 cm³/mol. The van der Waals surface area contributed by atoms with E-state index in [0.717, 1.165) is 70.6 Å². The second-order valence-corrected chi connectivity index (χ2v) is 22.7. The molecule has 8 nitrogen and oxygen atoms in total. The van der Waals surface area contributed by atoms with Gasteiger partial charge >= 0.3 is 0 Å². The van der Waals surface area contributed by atoms with Crippen molar-refractivity contribution in [3.8, 4) is 0 Å². The summed E-state index contributed by atoms with van der Waals surface area (Å²) >= 11 is 0. The van der Waals surface area contributed by atoms with Gasteiger partial charge in [-0.05, 0) is 70.6 Å². The summed E-state index contributed by atoms with van der Waals surface area (Å²) in [4.78, 5) is 25.5. The molecule has 0 aromatic carbocycles. The van der Waals surface area contributed by atoms with Crippen molar-refractivity contribution < 1.29 is 32.9 Å². The van der Waals surface area contributed by atoms with Gasteiger partial charge in [-0.15, -0.1) is 0 Å². The van der Waals surface area contributed by atoms with Crippen molar-refractivity contribution in [1.82, 2.24) is 5.32 Å². The summed E-state index contributed by atoms with van der Waals surface area (Å²) in [6.07, 6.45) is 77.9. The lowest BCUT2D eigenvalue weighted by Crippen LogP contribution is -2.45.